The molecule has 0 amide bonds. The first-order valence-corrected chi connectivity index (χ1v) is 11.1. The van der Waals surface area contributed by atoms with Crippen LogP contribution >= 0.6 is 31.5 Å². The van der Waals surface area contributed by atoms with Crippen molar-refractivity contribution in [2.24, 2.45) is 0 Å². The first-order valence-electron chi connectivity index (χ1n) is 9.28. The fourth-order valence-electron chi connectivity index (χ4n) is 4.45. The topological polar surface area (TPSA) is 0 Å². The number of halogens is 2. The average Bonchev–Trinajstić information content (AvgIpc) is 2.52. The Morgan fingerprint density at radius 1 is 0.593 bits per heavy atom. The van der Waals surface area contributed by atoms with Crippen molar-refractivity contribution >= 4 is 41.3 Å². The molecular formula is C24H25BBr2. The molecule has 0 spiro atoms. The number of benzene rings is 3. The summed E-state index contributed by atoms with van der Waals surface area (Å²) in [6.07, 6.45) is 0. The summed E-state index contributed by atoms with van der Waals surface area (Å²) in [6.45, 7) is 13.2. The average molecular weight is 484 g/mol. The summed E-state index contributed by atoms with van der Waals surface area (Å²) < 4.78 is 0.0800. The highest BCUT2D eigenvalue weighted by molar-refractivity contribution is 9.49. The predicted octanol–water partition coefficient (Wildman–Crippen LogP) is 7.36. The minimum absolute atomic E-state index is 0.0800. The molecule has 0 bridgehead atoms. The van der Waals surface area contributed by atoms with Gasteiger partial charge in [-0.15, -0.1) is 31.5 Å². The normalized spacial score (nSPS) is 11.0. The van der Waals surface area contributed by atoms with E-state index in [1.54, 1.807) is 0 Å². The highest BCUT2D eigenvalue weighted by Gasteiger charge is 2.23. The minimum atomic E-state index is 0.0800. The van der Waals surface area contributed by atoms with Gasteiger partial charge in [-0.1, -0.05) is 53.6 Å². The summed E-state index contributed by atoms with van der Waals surface area (Å²) in [7, 11) is 0. The summed E-state index contributed by atoms with van der Waals surface area (Å²) >= 11 is 7.65. The Bertz CT molecular complexity index is 897. The van der Waals surface area contributed by atoms with Crippen molar-refractivity contribution in [1.82, 2.24) is 0 Å². The van der Waals surface area contributed by atoms with Gasteiger partial charge in [0.1, 0.15) is 0 Å². The number of hydrogen-bond acceptors (Lipinski definition) is 0. The van der Waals surface area contributed by atoms with Crippen LogP contribution in [0.3, 0.4) is 0 Å². The maximum absolute atomic E-state index is 3.82. The van der Waals surface area contributed by atoms with Crippen LogP contribution in [0, 0.1) is 41.5 Å². The Kier molecular flexibility index (Phi) is 6.03. The second kappa shape index (κ2) is 7.97. The van der Waals surface area contributed by atoms with Crippen LogP contribution < -0.4 is 5.46 Å². The van der Waals surface area contributed by atoms with Crippen molar-refractivity contribution in [3.63, 3.8) is 0 Å². The van der Waals surface area contributed by atoms with E-state index in [1.807, 2.05) is 0 Å². The van der Waals surface area contributed by atoms with Crippen molar-refractivity contribution in [2.45, 2.75) is 41.5 Å². The molecule has 0 radical (unpaired) electrons. The molecule has 0 N–H and O–H groups in total. The third kappa shape index (κ3) is 3.95. The van der Waals surface area contributed by atoms with Crippen molar-refractivity contribution in [3.8, 4) is 22.3 Å². The zero-order valence-electron chi connectivity index (χ0n) is 16.9. The quantitative estimate of drug-likeness (QED) is 0.341. The summed E-state index contributed by atoms with van der Waals surface area (Å²) in [6, 6.07) is 15.8. The van der Waals surface area contributed by atoms with Crippen LogP contribution in [0.1, 0.15) is 33.4 Å². The summed E-state index contributed by atoms with van der Waals surface area (Å²) in [4.78, 5) is 0. The lowest BCUT2D eigenvalue weighted by atomic mass is 9.77. The number of aryl methyl sites for hydroxylation is 6. The molecule has 0 aromatic heterocycles. The molecule has 0 aliphatic rings. The van der Waals surface area contributed by atoms with E-state index in [0.717, 1.165) is 0 Å². The molecule has 3 heteroatoms. The Balaban J connectivity index is 2.37. The number of hydrogen-bond donors (Lipinski definition) is 0. The second-order valence-corrected chi connectivity index (χ2v) is 10.7. The van der Waals surface area contributed by atoms with E-state index in [-0.39, 0.29) is 4.36 Å². The molecule has 138 valence electrons. The second-order valence-electron chi connectivity index (χ2n) is 7.61. The van der Waals surface area contributed by atoms with Crippen molar-refractivity contribution in [1.29, 1.82) is 0 Å². The van der Waals surface area contributed by atoms with Gasteiger partial charge in [0.25, 0.3) is 0 Å². The highest BCUT2D eigenvalue weighted by Crippen LogP contribution is 2.34. The van der Waals surface area contributed by atoms with Gasteiger partial charge in [-0.3, -0.25) is 0 Å². The van der Waals surface area contributed by atoms with Gasteiger partial charge in [0.05, 0.1) is 0 Å². The van der Waals surface area contributed by atoms with E-state index in [0.29, 0.717) is 0 Å². The third-order valence-corrected chi connectivity index (χ3v) is 6.13. The molecule has 0 aliphatic carbocycles. The molecule has 0 fully saturated rings. The molecular weight excluding hydrogens is 459 g/mol. The monoisotopic (exact) mass is 482 g/mol. The maximum Gasteiger partial charge on any atom is 0.330 e. The zero-order valence-corrected chi connectivity index (χ0v) is 20.0. The first kappa shape index (κ1) is 20.4. The fourth-order valence-corrected chi connectivity index (χ4v) is 5.43. The van der Waals surface area contributed by atoms with Crippen LogP contribution in [0.5, 0.6) is 0 Å². The zero-order chi connectivity index (χ0) is 19.9. The van der Waals surface area contributed by atoms with Gasteiger partial charge < -0.3 is 0 Å². The first-order chi connectivity index (χ1) is 12.7. The SMILES string of the molecule is Cc1cc(C)c(-c2cccc(-c3c(C)cc(C)cc3C)c2B(Br)Br)c(C)c1. The lowest BCUT2D eigenvalue weighted by Crippen LogP contribution is -2.24. The van der Waals surface area contributed by atoms with Gasteiger partial charge in [-0.2, -0.15) is 0 Å². The van der Waals surface area contributed by atoms with Crippen LogP contribution in [-0.2, 0) is 0 Å². The maximum atomic E-state index is 3.82. The van der Waals surface area contributed by atoms with E-state index < -0.39 is 0 Å². The van der Waals surface area contributed by atoms with Crippen LogP contribution in [0.4, 0.5) is 0 Å². The molecule has 0 nitrogen and oxygen atoms in total. The van der Waals surface area contributed by atoms with E-state index in [4.69, 9.17) is 0 Å². The van der Waals surface area contributed by atoms with E-state index >= 15 is 0 Å². The van der Waals surface area contributed by atoms with Crippen LogP contribution in [-0.4, -0.2) is 4.36 Å². The molecule has 27 heavy (non-hydrogen) atoms. The largest absolute Gasteiger partial charge is 0.330 e. The van der Waals surface area contributed by atoms with Crippen LogP contribution in [0.15, 0.2) is 42.5 Å². The minimum Gasteiger partial charge on any atom is -0.132 e. The summed E-state index contributed by atoms with van der Waals surface area (Å²) in [5.41, 5.74) is 14.5. The van der Waals surface area contributed by atoms with Gasteiger partial charge in [-0.05, 0) is 91.5 Å². The lowest BCUT2D eigenvalue weighted by Gasteiger charge is -2.21. The Morgan fingerprint density at radius 3 is 1.22 bits per heavy atom. The van der Waals surface area contributed by atoms with Crippen molar-refractivity contribution in [3.05, 3.63) is 75.8 Å². The smallest absolute Gasteiger partial charge is 0.132 e. The molecule has 3 rings (SSSR count). The summed E-state index contributed by atoms with van der Waals surface area (Å²) in [5, 5.41) is 0. The number of rotatable bonds is 3. The Morgan fingerprint density at radius 2 is 0.926 bits per heavy atom. The molecule has 0 heterocycles. The fraction of sp³-hybridized carbons (Fsp3) is 0.250. The van der Waals surface area contributed by atoms with Gasteiger partial charge >= 0.3 is 4.36 Å². The van der Waals surface area contributed by atoms with Gasteiger partial charge in [-0.25, -0.2) is 0 Å². The van der Waals surface area contributed by atoms with E-state index in [1.165, 1.54) is 61.1 Å². The summed E-state index contributed by atoms with van der Waals surface area (Å²) in [5.74, 6) is 0. The van der Waals surface area contributed by atoms with Crippen LogP contribution in [0.2, 0.25) is 0 Å². The van der Waals surface area contributed by atoms with Crippen LogP contribution in [0.25, 0.3) is 22.3 Å². The van der Waals surface area contributed by atoms with Crippen molar-refractivity contribution in [2.75, 3.05) is 0 Å². The molecule has 0 saturated heterocycles. The molecule has 0 atom stereocenters. The van der Waals surface area contributed by atoms with Crippen molar-refractivity contribution < 1.29 is 0 Å². The molecule has 3 aromatic carbocycles. The Hall–Kier alpha value is -1.32. The van der Waals surface area contributed by atoms with E-state index in [9.17, 15) is 0 Å². The molecule has 0 saturated carbocycles. The van der Waals surface area contributed by atoms with Gasteiger partial charge in [0, 0.05) is 0 Å². The molecule has 0 aliphatic heterocycles. The molecule has 0 unspecified atom stereocenters. The highest BCUT2D eigenvalue weighted by atomic mass is 79.9. The lowest BCUT2D eigenvalue weighted by molar-refractivity contribution is 1.31. The predicted molar refractivity (Wildman–Crippen MR) is 129 cm³/mol. The van der Waals surface area contributed by atoms with Gasteiger partial charge in [0.2, 0.25) is 0 Å². The van der Waals surface area contributed by atoms with E-state index in [2.05, 4.69) is 116 Å². The van der Waals surface area contributed by atoms with Gasteiger partial charge in [0.15, 0.2) is 0 Å². The standard InChI is InChI=1S/C24H25BBr2/c1-14-10-16(3)22(17(4)11-14)20-8-7-9-21(24(20)25(26)27)23-18(5)12-15(2)13-19(23)6/h7-13H,1-6H3. The Labute approximate surface area is 180 Å². The molecule has 3 aromatic rings. The third-order valence-electron chi connectivity index (χ3n) is 5.22.